The Morgan fingerprint density at radius 2 is 1.00 bits per heavy atom. The van der Waals surface area contributed by atoms with Gasteiger partial charge in [0.2, 0.25) is 17.7 Å². The number of rotatable bonds is 0. The van der Waals surface area contributed by atoms with Crippen LogP contribution in [0.15, 0.2) is 63.8 Å². The van der Waals surface area contributed by atoms with Crippen molar-refractivity contribution in [2.75, 3.05) is 11.8 Å². The molecule has 0 bridgehead atoms. The van der Waals surface area contributed by atoms with Crippen molar-refractivity contribution in [3.05, 3.63) is 59.7 Å². The highest BCUT2D eigenvalue weighted by Gasteiger charge is 2.71. The molecule has 2 aromatic carbocycles. The molecule has 2 atom stereocenters. The third-order valence-electron chi connectivity index (χ3n) is 8.82. The summed E-state index contributed by atoms with van der Waals surface area (Å²) in [6.07, 6.45) is 0. The van der Waals surface area contributed by atoms with E-state index < -0.39 is 26.0 Å². The van der Waals surface area contributed by atoms with Crippen molar-refractivity contribution in [1.29, 1.82) is 0 Å². The van der Waals surface area contributed by atoms with Gasteiger partial charge in [-0.25, -0.2) is 14.3 Å². The summed E-state index contributed by atoms with van der Waals surface area (Å²) < 4.78 is 5.25. The number of fused-ring (bicyclic) bond motifs is 7. The zero-order valence-corrected chi connectivity index (χ0v) is 27.2. The Hall–Kier alpha value is -3.24. The molecule has 1 fully saturated rings. The number of benzene rings is 2. The molecule has 2 unspecified atom stereocenters. The van der Waals surface area contributed by atoms with Crippen molar-refractivity contribution in [2.24, 2.45) is 15.3 Å². The summed E-state index contributed by atoms with van der Waals surface area (Å²) in [5.74, 6) is 7.41. The van der Waals surface area contributed by atoms with Crippen LogP contribution in [-0.4, -0.2) is 78.4 Å². The first-order valence-corrected chi connectivity index (χ1v) is 20.1. The predicted molar refractivity (Wildman–Crippen MR) is 178 cm³/mol. The summed E-state index contributed by atoms with van der Waals surface area (Å²) in [5, 5.41) is 14.6. The zero-order valence-electron chi connectivity index (χ0n) is 24.5. The molecular formula is C30H33N6O3P3. The molecular weight excluding hydrogens is 585 g/mol. The number of hydrogen-bond donors (Lipinski definition) is 0. The lowest BCUT2D eigenvalue weighted by Gasteiger charge is -2.61. The Bertz CT molecular complexity index is 1820. The highest BCUT2D eigenvalue weighted by Crippen LogP contribution is 2.97. The van der Waals surface area contributed by atoms with Crippen molar-refractivity contribution in [2.45, 2.75) is 46.4 Å². The lowest BCUT2D eigenvalue weighted by atomic mass is 10.1. The van der Waals surface area contributed by atoms with Crippen LogP contribution in [0.25, 0.3) is 11.1 Å². The fourth-order valence-corrected chi connectivity index (χ4v) is 32.7. The van der Waals surface area contributed by atoms with Crippen LogP contribution < -0.4 is 0 Å². The molecule has 2 aromatic rings. The van der Waals surface area contributed by atoms with Crippen LogP contribution in [0.1, 0.15) is 52.7 Å². The SMILES string of the molecule is CC(=O)N1N=C(C)C=P12CP1(=CC(C)=NN1C(C)=O)C1(c3ccccc3-c3ccccc31)P1(=CC(C)=NN1C(C)=O)C2. The van der Waals surface area contributed by atoms with E-state index in [1.54, 1.807) is 35.1 Å². The Morgan fingerprint density at radius 1 is 0.619 bits per heavy atom. The second-order valence-corrected chi connectivity index (χ2v) is 22.9. The van der Waals surface area contributed by atoms with Gasteiger partial charge < -0.3 is 0 Å². The lowest BCUT2D eigenvalue weighted by molar-refractivity contribution is -0.124. The quantitative estimate of drug-likeness (QED) is 0.354. The molecule has 4 spiro atoms. The predicted octanol–water partition coefficient (Wildman–Crippen LogP) is 5.72. The van der Waals surface area contributed by atoms with E-state index in [0.717, 1.165) is 39.4 Å². The van der Waals surface area contributed by atoms with E-state index in [4.69, 9.17) is 15.3 Å². The zero-order chi connectivity index (χ0) is 29.8. The van der Waals surface area contributed by atoms with Gasteiger partial charge in [-0.15, -0.1) is 0 Å². The largest absolute Gasteiger partial charge is 0.273 e. The highest BCUT2D eigenvalue weighted by atomic mass is 31.3. The van der Waals surface area contributed by atoms with Crippen molar-refractivity contribution < 1.29 is 14.4 Å². The van der Waals surface area contributed by atoms with Crippen LogP contribution in [0, 0.1) is 0 Å². The van der Waals surface area contributed by atoms with E-state index in [1.165, 1.54) is 0 Å². The molecule has 1 aliphatic carbocycles. The number of carbonyl (C=O) groups excluding carboxylic acids is 3. The van der Waals surface area contributed by atoms with Crippen molar-refractivity contribution in [3.8, 4) is 11.1 Å². The van der Waals surface area contributed by atoms with Crippen LogP contribution in [0.5, 0.6) is 0 Å². The van der Waals surface area contributed by atoms with Crippen LogP contribution in [0.3, 0.4) is 0 Å². The number of carbonyl (C=O) groups is 3. The molecule has 0 radical (unpaired) electrons. The fraction of sp³-hybridized carbons (Fsp3) is 0.300. The van der Waals surface area contributed by atoms with Gasteiger partial charge in [0.25, 0.3) is 0 Å². The smallest absolute Gasteiger partial charge is 0.242 e. The molecule has 4 aliphatic heterocycles. The minimum Gasteiger partial charge on any atom is -0.273 e. The Morgan fingerprint density at radius 3 is 1.43 bits per heavy atom. The maximum absolute atomic E-state index is 13.8. The van der Waals surface area contributed by atoms with E-state index in [-0.39, 0.29) is 17.7 Å². The third kappa shape index (κ3) is 3.17. The monoisotopic (exact) mass is 618 g/mol. The lowest BCUT2D eigenvalue weighted by Crippen LogP contribution is -2.45. The average molecular weight is 619 g/mol. The first kappa shape index (κ1) is 27.6. The van der Waals surface area contributed by atoms with E-state index >= 15 is 0 Å². The Labute approximate surface area is 246 Å². The number of nitrogens with zero attached hydrogens (tertiary/aromatic N) is 6. The van der Waals surface area contributed by atoms with Crippen LogP contribution in [0.4, 0.5) is 0 Å². The Kier molecular flexibility index (Phi) is 5.84. The number of hydrazone groups is 3. The molecule has 216 valence electrons. The minimum absolute atomic E-state index is 0.131. The van der Waals surface area contributed by atoms with Crippen molar-refractivity contribution in [3.63, 3.8) is 0 Å². The van der Waals surface area contributed by atoms with Gasteiger partial charge in [0.05, 0.1) is 22.0 Å². The topological polar surface area (TPSA) is 98.0 Å². The summed E-state index contributed by atoms with van der Waals surface area (Å²) in [6, 6.07) is 16.9. The molecule has 9 nitrogen and oxygen atoms in total. The maximum Gasteiger partial charge on any atom is 0.242 e. The van der Waals surface area contributed by atoms with Crippen LogP contribution in [0.2, 0.25) is 0 Å². The molecule has 4 heterocycles. The van der Waals surface area contributed by atoms with Crippen LogP contribution >= 0.6 is 21.1 Å². The first-order valence-electron chi connectivity index (χ1n) is 13.9. The molecule has 0 aromatic heterocycles. The first-order chi connectivity index (χ1) is 19.9. The molecule has 0 saturated carbocycles. The third-order valence-corrected chi connectivity index (χ3v) is 27.1. The summed E-state index contributed by atoms with van der Waals surface area (Å²) in [6.45, 7) is 10.5. The molecule has 1 saturated heterocycles. The normalized spacial score (nSPS) is 29.7. The standard InChI is InChI=1S/C30H33N6O3P3/c1-20-15-40(34(31-20)23(4)37)18-41(16-21(2)32-35(41)24(5)38)30(42(19-40)17-22(3)33-36(42)25(6)39)28-13-9-7-11-26(28)27-12-8-10-14-29(27)30/h7-17H,18-19H2,1-6H3. The maximum atomic E-state index is 13.8. The van der Waals surface area contributed by atoms with Gasteiger partial charge in [-0.3, -0.25) is 14.4 Å². The van der Waals surface area contributed by atoms with Crippen molar-refractivity contribution >= 4 is 73.4 Å². The average Bonchev–Trinajstić information content (AvgIpc) is 3.62. The molecule has 42 heavy (non-hydrogen) atoms. The van der Waals surface area contributed by atoms with Gasteiger partial charge >= 0.3 is 0 Å². The van der Waals surface area contributed by atoms with Gasteiger partial charge in [0, 0.05) is 53.7 Å². The summed E-state index contributed by atoms with van der Waals surface area (Å²) in [7, 11) is -8.32. The van der Waals surface area contributed by atoms with Gasteiger partial charge in [-0.05, 0) is 60.4 Å². The summed E-state index contributed by atoms with van der Waals surface area (Å²) in [4.78, 5) is 40.2. The minimum atomic E-state index is -2.89. The highest BCUT2D eigenvalue weighted by molar-refractivity contribution is 8.06. The fourth-order valence-electron chi connectivity index (χ4n) is 8.08. The molecule has 0 N–H and O–H groups in total. The van der Waals surface area contributed by atoms with E-state index in [1.807, 2.05) is 32.9 Å². The van der Waals surface area contributed by atoms with Gasteiger partial charge in [-0.1, -0.05) is 48.5 Å². The van der Waals surface area contributed by atoms with Crippen molar-refractivity contribution in [1.82, 2.24) is 14.3 Å². The van der Waals surface area contributed by atoms with Gasteiger partial charge in [0.15, 0.2) is 0 Å². The van der Waals surface area contributed by atoms with E-state index in [2.05, 4.69) is 53.8 Å². The van der Waals surface area contributed by atoms with Gasteiger partial charge in [0.1, 0.15) is 0 Å². The molecule has 5 aliphatic rings. The summed E-state index contributed by atoms with van der Waals surface area (Å²) in [5.41, 5.74) is 6.76. The summed E-state index contributed by atoms with van der Waals surface area (Å²) >= 11 is 0. The molecule has 12 heteroatoms. The number of hydrogen-bond acceptors (Lipinski definition) is 6. The second kappa shape index (κ2) is 8.89. The molecule has 7 rings (SSSR count). The van der Waals surface area contributed by atoms with E-state index in [0.29, 0.717) is 11.8 Å². The van der Waals surface area contributed by atoms with Gasteiger partial charge in [-0.2, -0.15) is 15.3 Å². The van der Waals surface area contributed by atoms with Crippen LogP contribution in [-0.2, 0) is 19.3 Å². The van der Waals surface area contributed by atoms with E-state index in [9.17, 15) is 14.4 Å². The number of amides is 3. The second-order valence-electron chi connectivity index (χ2n) is 11.7. The Balaban J connectivity index is 1.75. The molecule has 3 amide bonds.